The first kappa shape index (κ1) is 9.99. The molecule has 0 aliphatic rings. The van der Waals surface area contributed by atoms with E-state index in [9.17, 15) is 0 Å². The molecule has 1 aromatic carbocycles. The highest BCUT2D eigenvalue weighted by Gasteiger charge is 2.00. The van der Waals surface area contributed by atoms with Crippen LogP contribution in [0.1, 0.15) is 5.56 Å². The third kappa shape index (κ3) is 3.03. The van der Waals surface area contributed by atoms with Crippen molar-refractivity contribution in [1.29, 1.82) is 0 Å². The molecule has 0 radical (unpaired) electrons. The van der Waals surface area contributed by atoms with Crippen LogP contribution in [0.15, 0.2) is 24.3 Å². The Labute approximate surface area is 84.3 Å². The van der Waals surface area contributed by atoms with Gasteiger partial charge in [0.05, 0.1) is 4.99 Å². The van der Waals surface area contributed by atoms with Crippen molar-refractivity contribution in [2.24, 2.45) is 0 Å². The van der Waals surface area contributed by atoms with Gasteiger partial charge in [-0.05, 0) is 17.7 Å². The van der Waals surface area contributed by atoms with Gasteiger partial charge in [0.25, 0.3) is 0 Å². The van der Waals surface area contributed by atoms with Gasteiger partial charge < -0.3 is 10.6 Å². The SMILES string of the molecule is CN(C)C(=S)Cc1ccc(N)cc1. The van der Waals surface area contributed by atoms with Crippen LogP contribution in [-0.4, -0.2) is 24.0 Å². The summed E-state index contributed by atoms with van der Waals surface area (Å²) in [5.41, 5.74) is 7.57. The van der Waals surface area contributed by atoms with Crippen LogP contribution in [0.25, 0.3) is 0 Å². The number of nitrogens with two attached hydrogens (primary N) is 1. The first-order chi connectivity index (χ1) is 6.09. The van der Waals surface area contributed by atoms with Crippen LogP contribution in [0, 0.1) is 0 Å². The third-order valence-electron chi connectivity index (χ3n) is 1.83. The number of anilines is 1. The average molecular weight is 194 g/mol. The minimum atomic E-state index is 0.791. The minimum Gasteiger partial charge on any atom is -0.399 e. The summed E-state index contributed by atoms with van der Waals surface area (Å²) >= 11 is 5.19. The largest absolute Gasteiger partial charge is 0.399 e. The number of benzene rings is 1. The second kappa shape index (κ2) is 4.23. The molecule has 0 bridgehead atoms. The predicted molar refractivity (Wildman–Crippen MR) is 60.8 cm³/mol. The van der Waals surface area contributed by atoms with Gasteiger partial charge >= 0.3 is 0 Å². The van der Waals surface area contributed by atoms with E-state index in [0.29, 0.717) is 0 Å². The predicted octanol–water partition coefficient (Wildman–Crippen LogP) is 1.70. The number of nitrogen functional groups attached to an aromatic ring is 1. The first-order valence-corrected chi connectivity index (χ1v) is 4.55. The normalized spacial score (nSPS) is 9.69. The molecular weight excluding hydrogens is 180 g/mol. The summed E-state index contributed by atoms with van der Waals surface area (Å²) in [6.07, 6.45) is 0.808. The van der Waals surface area contributed by atoms with Gasteiger partial charge in [-0.3, -0.25) is 0 Å². The van der Waals surface area contributed by atoms with Gasteiger partial charge in [0.1, 0.15) is 0 Å². The van der Waals surface area contributed by atoms with E-state index in [1.54, 1.807) is 0 Å². The van der Waals surface area contributed by atoms with Crippen molar-refractivity contribution in [2.75, 3.05) is 19.8 Å². The van der Waals surface area contributed by atoms with Gasteiger partial charge in [-0.1, -0.05) is 24.4 Å². The fraction of sp³-hybridized carbons (Fsp3) is 0.300. The summed E-state index contributed by atoms with van der Waals surface area (Å²) in [5.74, 6) is 0. The van der Waals surface area contributed by atoms with Gasteiger partial charge in [-0.25, -0.2) is 0 Å². The molecule has 0 spiro atoms. The van der Waals surface area contributed by atoms with E-state index in [4.69, 9.17) is 18.0 Å². The zero-order valence-corrected chi connectivity index (χ0v) is 8.77. The number of nitrogens with zero attached hydrogens (tertiary/aromatic N) is 1. The Morgan fingerprint density at radius 3 is 2.31 bits per heavy atom. The molecule has 1 aromatic rings. The lowest BCUT2D eigenvalue weighted by atomic mass is 10.1. The standard InChI is InChI=1S/C10H14N2S/c1-12(2)10(13)7-8-3-5-9(11)6-4-8/h3-6H,7,11H2,1-2H3. The van der Waals surface area contributed by atoms with Gasteiger partial charge in [-0.2, -0.15) is 0 Å². The molecular formula is C10H14N2S. The van der Waals surface area contributed by atoms with Crippen molar-refractivity contribution >= 4 is 22.9 Å². The maximum atomic E-state index is 5.57. The molecule has 2 nitrogen and oxygen atoms in total. The van der Waals surface area contributed by atoms with Gasteiger partial charge in [0.2, 0.25) is 0 Å². The van der Waals surface area contributed by atoms with Gasteiger partial charge in [0.15, 0.2) is 0 Å². The van der Waals surface area contributed by atoms with Crippen LogP contribution in [-0.2, 0) is 6.42 Å². The van der Waals surface area contributed by atoms with E-state index in [1.165, 1.54) is 5.56 Å². The molecule has 2 N–H and O–H groups in total. The maximum Gasteiger partial charge on any atom is 0.0818 e. The highest BCUT2D eigenvalue weighted by atomic mass is 32.1. The summed E-state index contributed by atoms with van der Waals surface area (Å²) in [7, 11) is 3.92. The monoisotopic (exact) mass is 194 g/mol. The van der Waals surface area contributed by atoms with Crippen molar-refractivity contribution < 1.29 is 0 Å². The average Bonchev–Trinajstić information content (AvgIpc) is 2.08. The second-order valence-corrected chi connectivity index (χ2v) is 3.68. The molecule has 3 heteroatoms. The Morgan fingerprint density at radius 2 is 1.85 bits per heavy atom. The van der Waals surface area contributed by atoms with Gasteiger partial charge in [0, 0.05) is 26.2 Å². The molecule has 0 fully saturated rings. The molecule has 0 aliphatic heterocycles. The van der Waals surface area contributed by atoms with E-state index < -0.39 is 0 Å². The Hall–Kier alpha value is -1.09. The summed E-state index contributed by atoms with van der Waals surface area (Å²) in [5, 5.41) is 0. The smallest absolute Gasteiger partial charge is 0.0818 e. The maximum absolute atomic E-state index is 5.57. The number of thiocarbonyl (C=S) groups is 1. The topological polar surface area (TPSA) is 29.3 Å². The van der Waals surface area contributed by atoms with Crippen molar-refractivity contribution in [3.63, 3.8) is 0 Å². The lowest BCUT2D eigenvalue weighted by molar-refractivity contribution is 0.624. The zero-order chi connectivity index (χ0) is 9.84. The Kier molecular flexibility index (Phi) is 3.25. The van der Waals surface area contributed by atoms with E-state index in [0.717, 1.165) is 17.1 Å². The van der Waals surface area contributed by atoms with E-state index in [2.05, 4.69) is 0 Å². The number of likely N-dealkylation sites (N-methyl/N-ethyl adjacent to an activating group) is 1. The quantitative estimate of drug-likeness (QED) is 0.574. The minimum absolute atomic E-state index is 0.791. The fourth-order valence-corrected chi connectivity index (χ4v) is 1.13. The number of hydrogen-bond donors (Lipinski definition) is 1. The van der Waals surface area contributed by atoms with Gasteiger partial charge in [-0.15, -0.1) is 0 Å². The van der Waals surface area contributed by atoms with Crippen molar-refractivity contribution in [1.82, 2.24) is 4.90 Å². The highest BCUT2D eigenvalue weighted by molar-refractivity contribution is 7.80. The van der Waals surface area contributed by atoms with Crippen LogP contribution < -0.4 is 5.73 Å². The molecule has 0 unspecified atom stereocenters. The summed E-state index contributed by atoms with van der Waals surface area (Å²) in [6, 6.07) is 7.80. The first-order valence-electron chi connectivity index (χ1n) is 4.14. The van der Waals surface area contributed by atoms with E-state index in [-0.39, 0.29) is 0 Å². The second-order valence-electron chi connectivity index (χ2n) is 3.21. The summed E-state index contributed by atoms with van der Waals surface area (Å²) < 4.78 is 0. The van der Waals surface area contributed by atoms with Crippen LogP contribution in [0.2, 0.25) is 0 Å². The molecule has 0 saturated heterocycles. The molecule has 0 saturated carbocycles. The Balaban J connectivity index is 2.65. The highest BCUT2D eigenvalue weighted by Crippen LogP contribution is 2.07. The lowest BCUT2D eigenvalue weighted by Crippen LogP contribution is -2.21. The van der Waals surface area contributed by atoms with Crippen molar-refractivity contribution in [2.45, 2.75) is 6.42 Å². The van der Waals surface area contributed by atoms with Crippen molar-refractivity contribution in [3.05, 3.63) is 29.8 Å². The van der Waals surface area contributed by atoms with Crippen molar-refractivity contribution in [3.8, 4) is 0 Å². The van der Waals surface area contributed by atoms with Crippen LogP contribution >= 0.6 is 12.2 Å². The molecule has 0 atom stereocenters. The lowest BCUT2D eigenvalue weighted by Gasteiger charge is -2.13. The Morgan fingerprint density at radius 1 is 1.31 bits per heavy atom. The molecule has 0 aliphatic carbocycles. The Bertz CT molecular complexity index is 290. The zero-order valence-electron chi connectivity index (χ0n) is 7.95. The summed E-state index contributed by atoms with van der Waals surface area (Å²) in [4.78, 5) is 2.89. The van der Waals surface area contributed by atoms with Crippen LogP contribution in [0.4, 0.5) is 5.69 Å². The number of hydrogen-bond acceptors (Lipinski definition) is 2. The fourth-order valence-electron chi connectivity index (χ4n) is 0.968. The molecule has 70 valence electrons. The third-order valence-corrected chi connectivity index (χ3v) is 2.34. The molecule has 0 aromatic heterocycles. The molecule has 1 rings (SSSR count). The van der Waals surface area contributed by atoms with Crippen LogP contribution in [0.3, 0.4) is 0 Å². The molecule has 13 heavy (non-hydrogen) atoms. The van der Waals surface area contributed by atoms with E-state index in [1.807, 2.05) is 43.3 Å². The van der Waals surface area contributed by atoms with Crippen LogP contribution in [0.5, 0.6) is 0 Å². The number of rotatable bonds is 2. The molecule has 0 amide bonds. The van der Waals surface area contributed by atoms with E-state index >= 15 is 0 Å². The summed E-state index contributed by atoms with van der Waals surface area (Å²) in [6.45, 7) is 0. The molecule has 0 heterocycles.